The van der Waals surface area contributed by atoms with Gasteiger partial charge in [0.25, 0.3) is 5.56 Å². The van der Waals surface area contributed by atoms with Crippen LogP contribution in [0, 0.1) is 0 Å². The van der Waals surface area contributed by atoms with Gasteiger partial charge in [-0.05, 0) is 18.6 Å². The Balaban J connectivity index is 1.89. The smallest absolute Gasteiger partial charge is 0.329 e. The summed E-state index contributed by atoms with van der Waals surface area (Å²) in [6, 6.07) is 7.66. The predicted molar refractivity (Wildman–Crippen MR) is 113 cm³/mol. The standard InChI is InChI=1S/C19H23N5O4S/c1-3-8-24-16(20)15(17(26)22-18(24)27)14(25)11-29-19-21-12-6-4-5-7-13(12)23(19)9-10-28-2/h4-7H,3,8-11,20H2,1-2H3,(H,22,26,27). The molecule has 0 fully saturated rings. The van der Waals surface area contributed by atoms with Gasteiger partial charge in [0.1, 0.15) is 11.4 Å². The third kappa shape index (κ3) is 4.28. The number of Topliss-reactive ketones (excluding diaryl/α,β-unsaturated/α-hetero) is 1. The highest BCUT2D eigenvalue weighted by atomic mass is 32.2. The number of aromatic nitrogens is 4. The van der Waals surface area contributed by atoms with E-state index in [2.05, 4.69) is 9.97 Å². The summed E-state index contributed by atoms with van der Waals surface area (Å²) in [5.74, 6) is -0.587. The summed E-state index contributed by atoms with van der Waals surface area (Å²) in [6.07, 6.45) is 0.641. The van der Waals surface area contributed by atoms with Gasteiger partial charge in [-0.1, -0.05) is 30.8 Å². The molecule has 0 saturated heterocycles. The Morgan fingerprint density at radius 2 is 2.00 bits per heavy atom. The molecule has 0 spiro atoms. The van der Waals surface area contributed by atoms with Crippen molar-refractivity contribution in [1.29, 1.82) is 0 Å². The van der Waals surface area contributed by atoms with E-state index in [9.17, 15) is 14.4 Å². The van der Waals surface area contributed by atoms with Crippen LogP contribution in [0.25, 0.3) is 11.0 Å². The third-order valence-corrected chi connectivity index (χ3v) is 5.41. The van der Waals surface area contributed by atoms with Gasteiger partial charge in [-0.15, -0.1) is 0 Å². The van der Waals surface area contributed by atoms with Gasteiger partial charge in [0.05, 0.1) is 23.4 Å². The lowest BCUT2D eigenvalue weighted by molar-refractivity contribution is 0.102. The van der Waals surface area contributed by atoms with Crippen molar-refractivity contribution in [2.45, 2.75) is 31.6 Å². The van der Waals surface area contributed by atoms with Crippen molar-refractivity contribution in [3.63, 3.8) is 0 Å². The van der Waals surface area contributed by atoms with Crippen LogP contribution in [0.5, 0.6) is 0 Å². The Kier molecular flexibility index (Phi) is 6.55. The van der Waals surface area contributed by atoms with E-state index in [1.807, 2.05) is 35.8 Å². The molecule has 0 aliphatic carbocycles. The Hall–Kier alpha value is -2.85. The summed E-state index contributed by atoms with van der Waals surface area (Å²) in [4.78, 5) is 43.7. The first-order valence-corrected chi connectivity index (χ1v) is 10.2. The van der Waals surface area contributed by atoms with Crippen molar-refractivity contribution >= 4 is 34.4 Å². The molecule has 0 amide bonds. The normalized spacial score (nSPS) is 11.2. The predicted octanol–water partition coefficient (Wildman–Crippen LogP) is 1.50. The van der Waals surface area contributed by atoms with Gasteiger partial charge in [-0.3, -0.25) is 19.1 Å². The number of nitrogens with two attached hydrogens (primary N) is 1. The van der Waals surface area contributed by atoms with Gasteiger partial charge in [0.15, 0.2) is 10.9 Å². The van der Waals surface area contributed by atoms with Crippen LogP contribution in [0.4, 0.5) is 5.82 Å². The van der Waals surface area contributed by atoms with E-state index >= 15 is 0 Å². The average molecular weight is 417 g/mol. The minimum Gasteiger partial charge on any atom is -0.384 e. The topological polar surface area (TPSA) is 125 Å². The number of nitrogen functional groups attached to an aromatic ring is 1. The first-order valence-electron chi connectivity index (χ1n) is 9.20. The number of carbonyl (C=O) groups excluding carboxylic acids is 1. The molecule has 3 aromatic rings. The fourth-order valence-electron chi connectivity index (χ4n) is 3.07. The van der Waals surface area contributed by atoms with Crippen LogP contribution in [0.2, 0.25) is 0 Å². The molecule has 0 aliphatic rings. The maximum Gasteiger partial charge on any atom is 0.329 e. The molecule has 1 aromatic carbocycles. The quantitative estimate of drug-likeness (QED) is 0.399. The van der Waals surface area contributed by atoms with Crippen molar-refractivity contribution in [2.75, 3.05) is 25.2 Å². The maximum atomic E-state index is 12.8. The van der Waals surface area contributed by atoms with E-state index in [-0.39, 0.29) is 17.1 Å². The molecule has 2 heterocycles. The number of nitrogens with zero attached hydrogens (tertiary/aromatic N) is 3. The SMILES string of the molecule is CCCn1c(N)c(C(=O)CSc2nc3ccccc3n2CCOC)c(=O)[nH]c1=O. The number of ketones is 1. The zero-order valence-corrected chi connectivity index (χ0v) is 17.1. The van der Waals surface area contributed by atoms with Crippen LogP contribution in [-0.2, 0) is 17.8 Å². The molecule has 0 radical (unpaired) electrons. The molecule has 0 bridgehead atoms. The van der Waals surface area contributed by atoms with Crippen LogP contribution in [-0.4, -0.2) is 44.4 Å². The molecule has 2 aromatic heterocycles. The van der Waals surface area contributed by atoms with E-state index in [0.717, 1.165) is 11.0 Å². The fourth-order valence-corrected chi connectivity index (χ4v) is 3.98. The van der Waals surface area contributed by atoms with Crippen LogP contribution < -0.4 is 17.0 Å². The molecular formula is C19H23N5O4S. The molecule has 0 aliphatic heterocycles. The number of ether oxygens (including phenoxy) is 1. The number of carbonyl (C=O) groups is 1. The Labute approximate surface area is 170 Å². The number of aromatic amines is 1. The number of nitrogens with one attached hydrogen (secondary N) is 1. The molecule has 0 saturated carbocycles. The summed E-state index contributed by atoms with van der Waals surface area (Å²) in [5.41, 5.74) is 6.16. The number of hydrogen-bond acceptors (Lipinski definition) is 7. The molecule has 0 atom stereocenters. The van der Waals surface area contributed by atoms with E-state index in [1.165, 1.54) is 16.3 Å². The largest absolute Gasteiger partial charge is 0.384 e. The monoisotopic (exact) mass is 417 g/mol. The summed E-state index contributed by atoms with van der Waals surface area (Å²) in [6.45, 7) is 3.27. The third-order valence-electron chi connectivity index (χ3n) is 4.44. The lowest BCUT2D eigenvalue weighted by atomic mass is 10.2. The Bertz CT molecular complexity index is 1150. The Morgan fingerprint density at radius 1 is 1.24 bits per heavy atom. The van der Waals surface area contributed by atoms with E-state index in [4.69, 9.17) is 10.5 Å². The number of methoxy groups -OCH3 is 1. The van der Waals surface area contributed by atoms with Crippen molar-refractivity contribution < 1.29 is 9.53 Å². The molecule has 154 valence electrons. The van der Waals surface area contributed by atoms with Gasteiger partial charge in [-0.2, -0.15) is 0 Å². The molecule has 10 heteroatoms. The second kappa shape index (κ2) is 9.10. The first kappa shape index (κ1) is 20.9. The van der Waals surface area contributed by atoms with Gasteiger partial charge in [0, 0.05) is 20.2 Å². The zero-order chi connectivity index (χ0) is 21.0. The summed E-state index contributed by atoms with van der Waals surface area (Å²) in [5, 5.41) is 0.647. The second-order valence-corrected chi connectivity index (χ2v) is 7.35. The number of benzene rings is 1. The number of rotatable bonds is 9. The van der Waals surface area contributed by atoms with Crippen LogP contribution >= 0.6 is 11.8 Å². The maximum absolute atomic E-state index is 12.8. The second-order valence-electron chi connectivity index (χ2n) is 6.41. The molecule has 3 N–H and O–H groups in total. The van der Waals surface area contributed by atoms with Crippen molar-refractivity contribution in [3.8, 4) is 0 Å². The van der Waals surface area contributed by atoms with Gasteiger partial charge < -0.3 is 15.0 Å². The highest BCUT2D eigenvalue weighted by molar-refractivity contribution is 7.99. The molecule has 29 heavy (non-hydrogen) atoms. The highest BCUT2D eigenvalue weighted by Crippen LogP contribution is 2.25. The summed E-state index contributed by atoms with van der Waals surface area (Å²) >= 11 is 1.22. The number of imidazole rings is 1. The summed E-state index contributed by atoms with van der Waals surface area (Å²) < 4.78 is 8.36. The molecule has 9 nitrogen and oxygen atoms in total. The number of thioether (sulfide) groups is 1. The van der Waals surface area contributed by atoms with Crippen molar-refractivity contribution in [2.24, 2.45) is 0 Å². The van der Waals surface area contributed by atoms with Crippen LogP contribution in [0.15, 0.2) is 39.0 Å². The van der Waals surface area contributed by atoms with E-state index in [1.54, 1.807) is 7.11 Å². The van der Waals surface area contributed by atoms with Gasteiger partial charge in [0.2, 0.25) is 0 Å². The van der Waals surface area contributed by atoms with Crippen LogP contribution in [0.3, 0.4) is 0 Å². The minimum absolute atomic E-state index is 0.0338. The van der Waals surface area contributed by atoms with Gasteiger partial charge in [-0.25, -0.2) is 9.78 Å². The van der Waals surface area contributed by atoms with Gasteiger partial charge >= 0.3 is 5.69 Å². The number of H-pyrrole nitrogens is 1. The fraction of sp³-hybridized carbons (Fsp3) is 0.368. The number of hydrogen-bond donors (Lipinski definition) is 2. The highest BCUT2D eigenvalue weighted by Gasteiger charge is 2.20. The number of fused-ring (bicyclic) bond motifs is 1. The lowest BCUT2D eigenvalue weighted by Crippen LogP contribution is -2.36. The minimum atomic E-state index is -0.765. The van der Waals surface area contributed by atoms with Crippen molar-refractivity contribution in [1.82, 2.24) is 19.1 Å². The molecule has 3 rings (SSSR count). The van der Waals surface area contributed by atoms with E-state index in [0.29, 0.717) is 31.3 Å². The zero-order valence-electron chi connectivity index (χ0n) is 16.3. The molecule has 0 unspecified atom stereocenters. The van der Waals surface area contributed by atoms with Crippen LogP contribution in [0.1, 0.15) is 23.7 Å². The summed E-state index contributed by atoms with van der Waals surface area (Å²) in [7, 11) is 1.62. The van der Waals surface area contributed by atoms with E-state index < -0.39 is 17.0 Å². The van der Waals surface area contributed by atoms with Crippen molar-refractivity contribution in [3.05, 3.63) is 50.7 Å². The Morgan fingerprint density at radius 3 is 2.72 bits per heavy atom. The number of para-hydroxylation sites is 2. The lowest BCUT2D eigenvalue weighted by Gasteiger charge is -2.11. The number of anilines is 1. The first-order chi connectivity index (χ1) is 14.0. The average Bonchev–Trinajstić information content (AvgIpc) is 3.05. The molecular weight excluding hydrogens is 394 g/mol.